The molecule has 1 heterocycles. The second-order valence-electron chi connectivity index (χ2n) is 3.11. The molecule has 0 aliphatic carbocycles. The summed E-state index contributed by atoms with van der Waals surface area (Å²) in [5.41, 5.74) is 0. The largest absolute Gasteiger partial charge is 0.316 e. The third kappa shape index (κ3) is 3.43. The molecule has 62 valence electrons. The van der Waals surface area contributed by atoms with Gasteiger partial charge in [0.15, 0.2) is 0 Å². The van der Waals surface area contributed by atoms with E-state index in [0.29, 0.717) is 5.92 Å². The molecule has 1 nitrogen and oxygen atoms in total. The highest BCUT2D eigenvalue weighted by Gasteiger charge is 2.08. The Labute approximate surface area is 69.6 Å². The van der Waals surface area contributed by atoms with Crippen molar-refractivity contribution in [1.29, 1.82) is 0 Å². The van der Waals surface area contributed by atoms with E-state index in [-0.39, 0.29) is 0 Å². The minimum absolute atomic E-state index is 0.635. The van der Waals surface area contributed by atoms with Gasteiger partial charge in [0.1, 0.15) is 0 Å². The second-order valence-corrected chi connectivity index (χ2v) is 3.11. The van der Waals surface area contributed by atoms with Crippen LogP contribution in [0.25, 0.3) is 0 Å². The summed E-state index contributed by atoms with van der Waals surface area (Å²) in [6.07, 6.45) is 4.85. The normalized spacial score (nSPS) is 23.9. The fourth-order valence-corrected chi connectivity index (χ4v) is 1.32. The minimum Gasteiger partial charge on any atom is -0.316 e. The summed E-state index contributed by atoms with van der Waals surface area (Å²) in [5.74, 6) is 7.16. The third-order valence-electron chi connectivity index (χ3n) is 1.98. The Morgan fingerprint density at radius 1 is 1.55 bits per heavy atom. The first-order valence-corrected chi connectivity index (χ1v) is 4.62. The van der Waals surface area contributed by atoms with E-state index >= 15 is 0 Å². The van der Waals surface area contributed by atoms with Gasteiger partial charge in [-0.15, -0.1) is 5.92 Å². The van der Waals surface area contributed by atoms with Gasteiger partial charge in [-0.2, -0.15) is 0 Å². The number of hydrogen-bond acceptors (Lipinski definition) is 1. The lowest BCUT2D eigenvalue weighted by molar-refractivity contribution is 0.449. The topological polar surface area (TPSA) is 12.0 Å². The highest BCUT2D eigenvalue weighted by atomic mass is 14.9. The van der Waals surface area contributed by atoms with E-state index in [1.54, 1.807) is 0 Å². The van der Waals surface area contributed by atoms with Crippen LogP contribution in [-0.2, 0) is 0 Å². The van der Waals surface area contributed by atoms with Crippen molar-refractivity contribution in [2.45, 2.75) is 32.6 Å². The Hall–Kier alpha value is -0.480. The summed E-state index contributed by atoms with van der Waals surface area (Å²) in [6, 6.07) is 0. The fourth-order valence-electron chi connectivity index (χ4n) is 1.32. The van der Waals surface area contributed by atoms with Crippen molar-refractivity contribution in [1.82, 2.24) is 5.32 Å². The van der Waals surface area contributed by atoms with Crippen LogP contribution >= 0.6 is 0 Å². The molecule has 0 aromatic heterocycles. The molecule has 1 atom stereocenters. The van der Waals surface area contributed by atoms with Crippen molar-refractivity contribution in [3.05, 3.63) is 0 Å². The highest BCUT2D eigenvalue weighted by Crippen LogP contribution is 2.07. The first-order chi connectivity index (χ1) is 5.43. The van der Waals surface area contributed by atoms with Gasteiger partial charge in [-0.25, -0.2) is 0 Å². The van der Waals surface area contributed by atoms with Crippen molar-refractivity contribution in [2.24, 2.45) is 5.92 Å². The Kier molecular flexibility index (Phi) is 4.08. The van der Waals surface area contributed by atoms with E-state index in [0.717, 1.165) is 13.0 Å². The van der Waals surface area contributed by atoms with E-state index in [1.165, 1.54) is 25.8 Å². The van der Waals surface area contributed by atoms with Crippen LogP contribution in [0.15, 0.2) is 0 Å². The zero-order chi connectivity index (χ0) is 7.94. The van der Waals surface area contributed by atoms with Crippen LogP contribution in [-0.4, -0.2) is 13.1 Å². The molecule has 0 aromatic carbocycles. The van der Waals surface area contributed by atoms with Crippen molar-refractivity contribution in [3.63, 3.8) is 0 Å². The lowest BCUT2D eigenvalue weighted by Crippen LogP contribution is -2.28. The van der Waals surface area contributed by atoms with Gasteiger partial charge in [-0.1, -0.05) is 12.8 Å². The van der Waals surface area contributed by atoms with Crippen molar-refractivity contribution in [3.8, 4) is 11.8 Å². The molecule has 1 fully saturated rings. The van der Waals surface area contributed by atoms with Crippen LogP contribution in [0.1, 0.15) is 32.6 Å². The van der Waals surface area contributed by atoms with Crippen LogP contribution in [0.2, 0.25) is 0 Å². The van der Waals surface area contributed by atoms with Crippen LogP contribution in [0, 0.1) is 17.8 Å². The lowest BCUT2D eigenvalue weighted by atomic mass is 10.0. The van der Waals surface area contributed by atoms with Gasteiger partial charge in [0.05, 0.1) is 0 Å². The molecule has 0 saturated carbocycles. The Balaban J connectivity index is 2.19. The Bertz CT molecular complexity index is 146. The van der Waals surface area contributed by atoms with Gasteiger partial charge in [-0.3, -0.25) is 0 Å². The minimum atomic E-state index is 0.635. The molecule has 0 amide bonds. The molecule has 0 aromatic rings. The van der Waals surface area contributed by atoms with Gasteiger partial charge in [0.25, 0.3) is 0 Å². The van der Waals surface area contributed by atoms with Crippen LogP contribution < -0.4 is 5.32 Å². The van der Waals surface area contributed by atoms with E-state index in [2.05, 4.69) is 24.1 Å². The molecule has 1 heteroatoms. The lowest BCUT2D eigenvalue weighted by Gasteiger charge is -2.17. The summed E-state index contributed by atoms with van der Waals surface area (Å²) >= 11 is 0. The number of rotatable bonds is 1. The SMILES string of the molecule is CCCC#CC1CCCNC1. The zero-order valence-electron chi connectivity index (χ0n) is 7.32. The maximum absolute atomic E-state index is 3.36. The second kappa shape index (κ2) is 5.21. The molecular formula is C10H17N. The van der Waals surface area contributed by atoms with Gasteiger partial charge >= 0.3 is 0 Å². The first kappa shape index (κ1) is 8.62. The molecule has 1 aliphatic rings. The van der Waals surface area contributed by atoms with Gasteiger partial charge in [0.2, 0.25) is 0 Å². The predicted molar refractivity (Wildman–Crippen MR) is 48.3 cm³/mol. The molecule has 1 unspecified atom stereocenters. The molecule has 0 spiro atoms. The predicted octanol–water partition coefficient (Wildman–Crippen LogP) is 1.79. The van der Waals surface area contributed by atoms with Crippen LogP contribution in [0.4, 0.5) is 0 Å². The summed E-state index contributed by atoms with van der Waals surface area (Å²) in [5, 5.41) is 3.36. The van der Waals surface area contributed by atoms with Crippen molar-refractivity contribution >= 4 is 0 Å². The third-order valence-corrected chi connectivity index (χ3v) is 1.98. The van der Waals surface area contributed by atoms with Gasteiger partial charge in [-0.05, 0) is 25.8 Å². The molecule has 1 N–H and O–H groups in total. The van der Waals surface area contributed by atoms with Crippen LogP contribution in [0.3, 0.4) is 0 Å². The number of hydrogen-bond donors (Lipinski definition) is 1. The zero-order valence-corrected chi connectivity index (χ0v) is 7.32. The molecule has 0 bridgehead atoms. The molecular weight excluding hydrogens is 134 g/mol. The smallest absolute Gasteiger partial charge is 0.0328 e. The van der Waals surface area contributed by atoms with E-state index in [9.17, 15) is 0 Å². The summed E-state index contributed by atoms with van der Waals surface area (Å²) < 4.78 is 0. The van der Waals surface area contributed by atoms with Crippen molar-refractivity contribution < 1.29 is 0 Å². The molecule has 0 radical (unpaired) electrons. The summed E-state index contributed by atoms with van der Waals surface area (Å²) in [7, 11) is 0. The average molecular weight is 151 g/mol. The fraction of sp³-hybridized carbons (Fsp3) is 0.800. The van der Waals surface area contributed by atoms with Gasteiger partial charge < -0.3 is 5.32 Å². The van der Waals surface area contributed by atoms with Crippen LogP contribution in [0.5, 0.6) is 0 Å². The average Bonchev–Trinajstić information content (AvgIpc) is 2.07. The summed E-state index contributed by atoms with van der Waals surface area (Å²) in [6.45, 7) is 4.47. The molecule has 11 heavy (non-hydrogen) atoms. The number of nitrogens with one attached hydrogen (secondary N) is 1. The molecule has 1 aliphatic heterocycles. The Morgan fingerprint density at radius 3 is 3.09 bits per heavy atom. The first-order valence-electron chi connectivity index (χ1n) is 4.62. The monoisotopic (exact) mass is 151 g/mol. The van der Waals surface area contributed by atoms with E-state index in [4.69, 9.17) is 0 Å². The molecule has 1 rings (SSSR count). The van der Waals surface area contributed by atoms with E-state index in [1.807, 2.05) is 0 Å². The van der Waals surface area contributed by atoms with Crippen molar-refractivity contribution in [2.75, 3.05) is 13.1 Å². The maximum Gasteiger partial charge on any atom is 0.0328 e. The van der Waals surface area contributed by atoms with Gasteiger partial charge in [0, 0.05) is 18.9 Å². The highest BCUT2D eigenvalue weighted by molar-refractivity contribution is 5.04. The Morgan fingerprint density at radius 2 is 2.45 bits per heavy atom. The quantitative estimate of drug-likeness (QED) is 0.563. The standard InChI is InChI=1S/C10H17N/c1-2-3-4-6-10-7-5-8-11-9-10/h10-11H,2-3,5,7-9H2,1H3. The number of piperidine rings is 1. The maximum atomic E-state index is 3.36. The molecule has 1 saturated heterocycles. The van der Waals surface area contributed by atoms with E-state index < -0.39 is 0 Å². The number of unbranched alkanes of at least 4 members (excludes halogenated alkanes) is 1. The summed E-state index contributed by atoms with van der Waals surface area (Å²) in [4.78, 5) is 0.